The summed E-state index contributed by atoms with van der Waals surface area (Å²) in [6, 6.07) is 13.6. The van der Waals surface area contributed by atoms with Crippen LogP contribution in [-0.4, -0.2) is 66.5 Å². The molecule has 3 aromatic rings. The number of carbonyl (C=O) groups is 2. The van der Waals surface area contributed by atoms with Gasteiger partial charge in [-0.3, -0.25) is 9.59 Å². The number of Topliss-reactive ketones (excluding diaryl/α,β-unsaturated/α-hetero) is 1. The first-order valence-corrected chi connectivity index (χ1v) is 14.2. The summed E-state index contributed by atoms with van der Waals surface area (Å²) in [5.74, 6) is -0.449. The molecule has 0 aliphatic carbocycles. The fourth-order valence-electron chi connectivity index (χ4n) is 5.20. The number of fused-ring (bicyclic) bond motifs is 1. The molecular formula is C32H40N2O6. The maximum absolute atomic E-state index is 13.8. The van der Waals surface area contributed by atoms with Crippen molar-refractivity contribution in [1.82, 2.24) is 9.80 Å². The van der Waals surface area contributed by atoms with Crippen molar-refractivity contribution in [1.29, 1.82) is 0 Å². The van der Waals surface area contributed by atoms with Crippen LogP contribution in [0.5, 0.6) is 11.5 Å². The van der Waals surface area contributed by atoms with Crippen LogP contribution in [0.2, 0.25) is 0 Å². The molecule has 0 radical (unpaired) electrons. The first kappa shape index (κ1) is 29.2. The van der Waals surface area contributed by atoms with E-state index in [0.717, 1.165) is 44.3 Å². The van der Waals surface area contributed by atoms with Gasteiger partial charge in [-0.15, -0.1) is 0 Å². The van der Waals surface area contributed by atoms with E-state index < -0.39 is 23.5 Å². The van der Waals surface area contributed by atoms with Crippen LogP contribution < -0.4 is 9.47 Å². The van der Waals surface area contributed by atoms with Crippen LogP contribution in [0, 0.1) is 0 Å². The second kappa shape index (κ2) is 13.5. The minimum atomic E-state index is -0.798. The maximum Gasteiger partial charge on any atom is 0.290 e. The summed E-state index contributed by atoms with van der Waals surface area (Å²) in [6.45, 7) is 9.89. The number of aliphatic hydroxyl groups is 1. The zero-order valence-corrected chi connectivity index (χ0v) is 23.9. The number of amides is 1. The molecular weight excluding hydrogens is 508 g/mol. The minimum absolute atomic E-state index is 0.00515. The summed E-state index contributed by atoms with van der Waals surface area (Å²) < 4.78 is 17.4. The van der Waals surface area contributed by atoms with Gasteiger partial charge in [-0.05, 0) is 62.3 Å². The molecule has 4 rings (SSSR count). The normalized spacial score (nSPS) is 15.5. The zero-order chi connectivity index (χ0) is 28.6. The van der Waals surface area contributed by atoms with Gasteiger partial charge in [0.2, 0.25) is 5.78 Å². The lowest BCUT2D eigenvalue weighted by atomic mass is 9.94. The Hall–Kier alpha value is -3.78. The molecule has 1 aromatic heterocycles. The Bertz CT molecular complexity index is 1320. The molecule has 0 fully saturated rings. The van der Waals surface area contributed by atoms with E-state index in [4.69, 9.17) is 13.9 Å². The predicted octanol–water partition coefficient (Wildman–Crippen LogP) is 6.32. The van der Waals surface area contributed by atoms with Crippen molar-refractivity contribution in [2.45, 2.75) is 52.5 Å². The van der Waals surface area contributed by atoms with Crippen molar-refractivity contribution < 1.29 is 28.6 Å². The lowest BCUT2D eigenvalue weighted by Gasteiger charge is -2.28. The molecule has 1 N–H and O–H groups in total. The van der Waals surface area contributed by atoms with Crippen LogP contribution in [0.1, 0.15) is 68.6 Å². The number of hydrogen-bond acceptors (Lipinski definition) is 7. The molecule has 8 heteroatoms. The number of unbranched alkanes of at least 4 members (excludes halogenated alkanes) is 2. The lowest BCUT2D eigenvalue weighted by molar-refractivity contribution is -0.129. The second-order valence-corrected chi connectivity index (χ2v) is 9.99. The molecule has 8 nitrogen and oxygen atoms in total. The van der Waals surface area contributed by atoms with Crippen molar-refractivity contribution in [3.8, 4) is 11.5 Å². The van der Waals surface area contributed by atoms with Crippen LogP contribution in [0.3, 0.4) is 0 Å². The highest BCUT2D eigenvalue weighted by Gasteiger charge is 2.44. The highest BCUT2D eigenvalue weighted by molar-refractivity contribution is 6.16. The summed E-state index contributed by atoms with van der Waals surface area (Å²) in [5.41, 5.74) is 1.22. The molecule has 0 saturated carbocycles. The zero-order valence-electron chi connectivity index (χ0n) is 23.9. The number of hydrogen-bond donors (Lipinski definition) is 1. The van der Waals surface area contributed by atoms with Gasteiger partial charge in [-0.25, -0.2) is 0 Å². The Labute approximate surface area is 236 Å². The van der Waals surface area contributed by atoms with Gasteiger partial charge in [-0.1, -0.05) is 57.9 Å². The molecule has 2 heterocycles. The largest absolute Gasteiger partial charge is 0.503 e. The highest BCUT2D eigenvalue weighted by Crippen LogP contribution is 2.42. The van der Waals surface area contributed by atoms with E-state index in [1.165, 1.54) is 0 Å². The Morgan fingerprint density at radius 2 is 1.80 bits per heavy atom. The van der Waals surface area contributed by atoms with Gasteiger partial charge < -0.3 is 28.8 Å². The highest BCUT2D eigenvalue weighted by atomic mass is 16.5. The number of methoxy groups -OCH3 is 1. The van der Waals surface area contributed by atoms with Crippen molar-refractivity contribution in [2.24, 2.45) is 0 Å². The number of nitrogens with zero attached hydrogens (tertiary/aromatic N) is 2. The topological polar surface area (TPSA) is 92.5 Å². The fraction of sp³-hybridized carbons (Fsp3) is 0.438. The third-order valence-corrected chi connectivity index (χ3v) is 7.47. The third-order valence-electron chi connectivity index (χ3n) is 7.47. The van der Waals surface area contributed by atoms with Crippen LogP contribution in [0.25, 0.3) is 11.0 Å². The van der Waals surface area contributed by atoms with E-state index in [9.17, 15) is 14.7 Å². The van der Waals surface area contributed by atoms with Crippen molar-refractivity contribution >= 4 is 22.7 Å². The summed E-state index contributed by atoms with van der Waals surface area (Å²) in [4.78, 5) is 31.1. The van der Waals surface area contributed by atoms with Crippen molar-refractivity contribution in [3.05, 3.63) is 71.2 Å². The number of ketones is 1. The number of ether oxygens (including phenoxy) is 2. The summed E-state index contributed by atoms with van der Waals surface area (Å²) in [5, 5.41) is 11.8. The third kappa shape index (κ3) is 6.17. The van der Waals surface area contributed by atoms with Crippen LogP contribution >= 0.6 is 0 Å². The number of rotatable bonds is 15. The van der Waals surface area contributed by atoms with Gasteiger partial charge in [0.25, 0.3) is 5.91 Å². The van der Waals surface area contributed by atoms with E-state index in [0.29, 0.717) is 42.2 Å². The number of furan rings is 1. The first-order valence-electron chi connectivity index (χ1n) is 14.2. The Morgan fingerprint density at radius 3 is 2.50 bits per heavy atom. The van der Waals surface area contributed by atoms with Gasteiger partial charge in [0.15, 0.2) is 23.0 Å². The molecule has 1 unspecified atom stereocenters. The number of benzene rings is 2. The van der Waals surface area contributed by atoms with Crippen molar-refractivity contribution in [2.75, 3.05) is 39.9 Å². The number of aliphatic hydroxyl groups excluding tert-OH is 1. The standard InChI is InChI=1S/C32H40N2O6/c1-5-8-11-19-39-25-16-15-23(21-26(25)38-4)29-28(30(35)27-20-22-13-9-10-14-24(22)40-27)31(36)32(37)34(29)18-12-17-33(6-2)7-3/h9-10,13-16,20-21,29,36H,5-8,11-12,17-19H2,1-4H3. The minimum Gasteiger partial charge on any atom is -0.503 e. The molecule has 1 atom stereocenters. The Balaban J connectivity index is 1.69. The Kier molecular flexibility index (Phi) is 9.88. The average molecular weight is 549 g/mol. The molecule has 1 aliphatic rings. The smallest absolute Gasteiger partial charge is 0.290 e. The van der Waals surface area contributed by atoms with Gasteiger partial charge in [0.1, 0.15) is 5.58 Å². The SMILES string of the molecule is CCCCCOc1ccc(C2C(C(=O)c3cc4ccccc4o3)=C(O)C(=O)N2CCCN(CC)CC)cc1OC. The van der Waals surface area contributed by atoms with E-state index in [1.807, 2.05) is 24.3 Å². The summed E-state index contributed by atoms with van der Waals surface area (Å²) in [7, 11) is 1.56. The van der Waals surface area contributed by atoms with Crippen molar-refractivity contribution in [3.63, 3.8) is 0 Å². The summed E-state index contributed by atoms with van der Waals surface area (Å²) >= 11 is 0. The Morgan fingerprint density at radius 1 is 1.02 bits per heavy atom. The molecule has 0 spiro atoms. The molecule has 0 saturated heterocycles. The molecule has 2 aromatic carbocycles. The van der Waals surface area contributed by atoms with Gasteiger partial charge >= 0.3 is 0 Å². The van der Waals surface area contributed by atoms with E-state index in [1.54, 1.807) is 36.3 Å². The average Bonchev–Trinajstić information content (AvgIpc) is 3.52. The van der Waals surface area contributed by atoms with E-state index in [-0.39, 0.29) is 11.3 Å². The van der Waals surface area contributed by atoms with Gasteiger partial charge in [0, 0.05) is 11.9 Å². The first-order chi connectivity index (χ1) is 19.4. The molecule has 40 heavy (non-hydrogen) atoms. The van der Waals surface area contributed by atoms with Gasteiger partial charge in [-0.2, -0.15) is 0 Å². The molecule has 1 aliphatic heterocycles. The maximum atomic E-state index is 13.8. The molecule has 0 bridgehead atoms. The summed E-state index contributed by atoms with van der Waals surface area (Å²) in [6.07, 6.45) is 3.80. The van der Waals surface area contributed by atoms with E-state index >= 15 is 0 Å². The quantitative estimate of drug-likeness (QED) is 0.175. The second-order valence-electron chi connectivity index (χ2n) is 9.99. The van der Waals surface area contributed by atoms with Crippen LogP contribution in [-0.2, 0) is 4.79 Å². The predicted molar refractivity (Wildman–Crippen MR) is 155 cm³/mol. The van der Waals surface area contributed by atoms with Crippen LogP contribution in [0.15, 0.2) is 64.3 Å². The number of para-hydroxylation sites is 1. The van der Waals surface area contributed by atoms with Crippen LogP contribution in [0.4, 0.5) is 0 Å². The van der Waals surface area contributed by atoms with E-state index in [2.05, 4.69) is 25.7 Å². The molecule has 214 valence electrons. The lowest BCUT2D eigenvalue weighted by Crippen LogP contribution is -2.34. The molecule has 1 amide bonds. The number of carbonyl (C=O) groups excluding carboxylic acids is 2. The monoisotopic (exact) mass is 548 g/mol. The fourth-order valence-corrected chi connectivity index (χ4v) is 5.20. The van der Waals surface area contributed by atoms with Gasteiger partial charge in [0.05, 0.1) is 25.3 Å².